The van der Waals surface area contributed by atoms with E-state index in [-0.39, 0.29) is 23.9 Å². The number of carbonyl (C=O) groups excluding carboxylic acids is 1. The first-order chi connectivity index (χ1) is 9.52. The molecule has 5 heteroatoms. The lowest BCUT2D eigenvalue weighted by Gasteiger charge is -2.26. The van der Waals surface area contributed by atoms with Crippen molar-refractivity contribution >= 4 is 5.91 Å². The Morgan fingerprint density at radius 2 is 2.20 bits per heavy atom. The summed E-state index contributed by atoms with van der Waals surface area (Å²) in [5, 5.41) is 3.23. The highest BCUT2D eigenvalue weighted by molar-refractivity contribution is 5.84. The minimum absolute atomic E-state index is 0.0729. The Morgan fingerprint density at radius 3 is 2.85 bits per heavy atom. The maximum atomic E-state index is 13.4. The van der Waals surface area contributed by atoms with Crippen molar-refractivity contribution in [1.29, 1.82) is 0 Å². The lowest BCUT2D eigenvalue weighted by atomic mass is 10.1. The van der Waals surface area contributed by atoms with E-state index in [1.165, 1.54) is 12.1 Å². The molecule has 1 aromatic carbocycles. The van der Waals surface area contributed by atoms with Crippen LogP contribution >= 0.6 is 0 Å². The predicted molar refractivity (Wildman–Crippen MR) is 76.6 cm³/mol. The summed E-state index contributed by atoms with van der Waals surface area (Å²) >= 11 is 0. The Bertz CT molecular complexity index is 480. The molecule has 0 bridgehead atoms. The van der Waals surface area contributed by atoms with Crippen molar-refractivity contribution in [2.45, 2.75) is 26.1 Å². The van der Waals surface area contributed by atoms with Gasteiger partial charge in [0.05, 0.1) is 6.04 Å². The first-order valence-corrected chi connectivity index (χ1v) is 7.03. The molecular weight excluding hydrogens is 257 g/mol. The van der Waals surface area contributed by atoms with E-state index in [9.17, 15) is 9.18 Å². The second kappa shape index (κ2) is 6.33. The lowest BCUT2D eigenvalue weighted by molar-refractivity contribution is -0.130. The van der Waals surface area contributed by atoms with Gasteiger partial charge in [-0.25, -0.2) is 4.39 Å². The second-order valence-electron chi connectivity index (χ2n) is 5.27. The van der Waals surface area contributed by atoms with E-state index in [4.69, 9.17) is 0 Å². The zero-order chi connectivity index (χ0) is 14.7. The third-order valence-corrected chi connectivity index (χ3v) is 3.80. The van der Waals surface area contributed by atoms with Crippen LogP contribution in [0.25, 0.3) is 0 Å². The molecule has 0 spiro atoms. The van der Waals surface area contributed by atoms with Gasteiger partial charge in [0.1, 0.15) is 12.0 Å². The molecule has 0 aromatic heterocycles. The number of amides is 1. The van der Waals surface area contributed by atoms with E-state index in [1.807, 2.05) is 20.0 Å². The maximum absolute atomic E-state index is 13.4. The number of nitrogens with one attached hydrogen (secondary N) is 1. The fraction of sp³-hybridized carbons (Fsp3) is 0.533. The Kier molecular flexibility index (Phi) is 4.73. The third-order valence-electron chi connectivity index (χ3n) is 3.80. The molecule has 1 N–H and O–H groups in total. The predicted octanol–water partition coefficient (Wildman–Crippen LogP) is 1.60. The number of nitrogens with zero attached hydrogens (tertiary/aromatic N) is 2. The summed E-state index contributed by atoms with van der Waals surface area (Å²) in [6, 6.07) is 6.20. The minimum atomic E-state index is -0.276. The average Bonchev–Trinajstić information content (AvgIpc) is 2.72. The Hall–Kier alpha value is -1.46. The van der Waals surface area contributed by atoms with Crippen LogP contribution in [0.15, 0.2) is 24.3 Å². The van der Waals surface area contributed by atoms with E-state index in [1.54, 1.807) is 11.0 Å². The quantitative estimate of drug-likeness (QED) is 0.889. The van der Waals surface area contributed by atoms with Crippen molar-refractivity contribution in [1.82, 2.24) is 15.1 Å². The van der Waals surface area contributed by atoms with Gasteiger partial charge in [0.15, 0.2) is 0 Å². The van der Waals surface area contributed by atoms with Crippen molar-refractivity contribution < 1.29 is 9.18 Å². The summed E-state index contributed by atoms with van der Waals surface area (Å²) in [5.74, 6) is -0.203. The molecule has 1 heterocycles. The zero-order valence-corrected chi connectivity index (χ0v) is 12.3. The summed E-state index contributed by atoms with van der Waals surface area (Å²) in [4.78, 5) is 16.2. The molecule has 110 valence electrons. The highest BCUT2D eigenvalue weighted by Gasteiger charge is 2.36. The van der Waals surface area contributed by atoms with Gasteiger partial charge in [-0.3, -0.25) is 10.1 Å². The fourth-order valence-electron chi connectivity index (χ4n) is 2.40. The third kappa shape index (κ3) is 3.16. The maximum Gasteiger partial charge on any atom is 0.241 e. The molecule has 0 aliphatic carbocycles. The first-order valence-electron chi connectivity index (χ1n) is 7.03. The molecule has 2 atom stereocenters. The van der Waals surface area contributed by atoms with Crippen molar-refractivity contribution in [2.24, 2.45) is 0 Å². The van der Waals surface area contributed by atoms with Crippen LogP contribution in [0.1, 0.15) is 25.6 Å². The Morgan fingerprint density at radius 1 is 1.45 bits per heavy atom. The van der Waals surface area contributed by atoms with E-state index in [0.717, 1.165) is 18.7 Å². The zero-order valence-electron chi connectivity index (χ0n) is 12.3. The van der Waals surface area contributed by atoms with Crippen LogP contribution < -0.4 is 5.32 Å². The molecule has 2 rings (SSSR count). The van der Waals surface area contributed by atoms with Crippen molar-refractivity contribution in [3.8, 4) is 0 Å². The minimum Gasteiger partial charge on any atom is -0.320 e. The summed E-state index contributed by atoms with van der Waals surface area (Å²) in [6.07, 6.45) is -0.238. The normalized spacial score (nSPS) is 22.9. The second-order valence-corrected chi connectivity index (χ2v) is 5.27. The molecule has 1 fully saturated rings. The summed E-state index contributed by atoms with van der Waals surface area (Å²) in [6.45, 7) is 6.31. The van der Waals surface area contributed by atoms with Gasteiger partial charge in [-0.05, 0) is 38.2 Å². The van der Waals surface area contributed by atoms with Crippen LogP contribution in [-0.2, 0) is 4.79 Å². The van der Waals surface area contributed by atoms with E-state index >= 15 is 0 Å². The fourth-order valence-corrected chi connectivity index (χ4v) is 2.40. The monoisotopic (exact) mass is 279 g/mol. The summed E-state index contributed by atoms with van der Waals surface area (Å²) in [5.41, 5.74) is 0.793. The highest BCUT2D eigenvalue weighted by atomic mass is 19.1. The summed E-state index contributed by atoms with van der Waals surface area (Å²) < 4.78 is 13.4. The van der Waals surface area contributed by atoms with E-state index in [2.05, 4.69) is 17.1 Å². The van der Waals surface area contributed by atoms with Gasteiger partial charge in [0.25, 0.3) is 0 Å². The Labute approximate surface area is 119 Å². The van der Waals surface area contributed by atoms with Crippen molar-refractivity contribution in [2.75, 3.05) is 26.7 Å². The number of rotatable bonds is 5. The molecule has 1 aliphatic heterocycles. The topological polar surface area (TPSA) is 35.6 Å². The molecule has 1 saturated heterocycles. The largest absolute Gasteiger partial charge is 0.320 e. The molecule has 0 saturated carbocycles. The SMILES string of the molecule is CCN(C)CCN1C(=O)C(C)NC1c1cccc(F)c1. The average molecular weight is 279 g/mol. The van der Waals surface area contributed by atoms with Crippen molar-refractivity contribution in [3.63, 3.8) is 0 Å². The highest BCUT2D eigenvalue weighted by Crippen LogP contribution is 2.25. The van der Waals surface area contributed by atoms with Gasteiger partial charge < -0.3 is 9.80 Å². The van der Waals surface area contributed by atoms with Gasteiger partial charge in [0.2, 0.25) is 5.91 Å². The smallest absolute Gasteiger partial charge is 0.241 e. The van der Waals surface area contributed by atoms with E-state index in [0.29, 0.717) is 6.54 Å². The molecular formula is C15H22FN3O. The molecule has 1 aliphatic rings. The number of hydrogen-bond donors (Lipinski definition) is 1. The van der Waals surface area contributed by atoms with Crippen LogP contribution in [0.3, 0.4) is 0 Å². The van der Waals surface area contributed by atoms with Gasteiger partial charge in [-0.2, -0.15) is 0 Å². The lowest BCUT2D eigenvalue weighted by Crippen LogP contribution is -2.37. The van der Waals surface area contributed by atoms with Crippen LogP contribution in [0.5, 0.6) is 0 Å². The Balaban J connectivity index is 2.15. The van der Waals surface area contributed by atoms with Crippen LogP contribution in [0, 0.1) is 5.82 Å². The standard InChI is InChI=1S/C15H22FN3O/c1-4-18(3)8-9-19-14(17-11(2)15(19)20)12-6-5-7-13(16)10-12/h5-7,10-11,14,17H,4,8-9H2,1-3H3. The molecule has 4 nitrogen and oxygen atoms in total. The van der Waals surface area contributed by atoms with Gasteiger partial charge >= 0.3 is 0 Å². The number of halogens is 1. The number of hydrogen-bond acceptors (Lipinski definition) is 3. The van der Waals surface area contributed by atoms with Crippen LogP contribution in [-0.4, -0.2) is 48.4 Å². The van der Waals surface area contributed by atoms with Gasteiger partial charge in [0, 0.05) is 13.1 Å². The van der Waals surface area contributed by atoms with E-state index < -0.39 is 0 Å². The molecule has 20 heavy (non-hydrogen) atoms. The van der Waals surface area contributed by atoms with Gasteiger partial charge in [-0.1, -0.05) is 19.1 Å². The molecule has 1 amide bonds. The summed E-state index contributed by atoms with van der Waals surface area (Å²) in [7, 11) is 2.02. The number of benzene rings is 1. The van der Waals surface area contributed by atoms with Crippen LogP contribution in [0.4, 0.5) is 4.39 Å². The molecule has 1 aromatic rings. The first kappa shape index (κ1) is 14.9. The number of likely N-dealkylation sites (N-methyl/N-ethyl adjacent to an activating group) is 1. The molecule has 2 unspecified atom stereocenters. The van der Waals surface area contributed by atoms with Crippen LogP contribution in [0.2, 0.25) is 0 Å². The number of carbonyl (C=O) groups is 1. The molecule has 0 radical (unpaired) electrons. The van der Waals surface area contributed by atoms with Crippen molar-refractivity contribution in [3.05, 3.63) is 35.6 Å². The van der Waals surface area contributed by atoms with Gasteiger partial charge in [-0.15, -0.1) is 0 Å².